The van der Waals surface area contributed by atoms with Gasteiger partial charge < -0.3 is 10.1 Å². The molecule has 0 atom stereocenters. The van der Waals surface area contributed by atoms with Crippen LogP contribution in [-0.4, -0.2) is 24.5 Å². The van der Waals surface area contributed by atoms with E-state index in [9.17, 15) is 18.0 Å². The first-order valence-corrected chi connectivity index (χ1v) is 7.33. The molecule has 2 rings (SSSR count). The minimum absolute atomic E-state index is 0.0280. The number of aromatic amines is 1. The molecule has 0 saturated carbocycles. The zero-order valence-corrected chi connectivity index (χ0v) is 11.8. The van der Waals surface area contributed by atoms with Crippen LogP contribution < -0.4 is 10.3 Å². The molecule has 2 aromatic rings. The van der Waals surface area contributed by atoms with Gasteiger partial charge in [0.05, 0.1) is 11.3 Å². The summed E-state index contributed by atoms with van der Waals surface area (Å²) < 4.78 is 26.6. The van der Waals surface area contributed by atoms with Crippen molar-refractivity contribution in [3.63, 3.8) is 0 Å². The minimum atomic E-state index is -3.91. The molecular weight excluding hydrogens is 296 g/mol. The molecule has 0 unspecified atom stereocenters. The third kappa shape index (κ3) is 3.29. The van der Waals surface area contributed by atoms with Crippen molar-refractivity contribution in [3.8, 4) is 0 Å². The van der Waals surface area contributed by atoms with Gasteiger partial charge in [0.2, 0.25) is 5.56 Å². The number of pyridine rings is 1. The van der Waals surface area contributed by atoms with Crippen LogP contribution in [0.15, 0.2) is 46.2 Å². The van der Waals surface area contributed by atoms with E-state index in [1.165, 1.54) is 18.2 Å². The number of benzene rings is 1. The molecule has 0 aliphatic carbocycles. The first kappa shape index (κ1) is 14.8. The predicted octanol–water partition coefficient (Wildman–Crippen LogP) is 1.18. The lowest BCUT2D eigenvalue weighted by atomic mass is 10.1. The SMILES string of the molecule is Cc1ccc(C(=O)O)cc1NS(=O)(=O)c1ccc(=O)[nH]c1. The lowest BCUT2D eigenvalue weighted by molar-refractivity contribution is 0.0697. The molecule has 0 aliphatic heterocycles. The second kappa shape index (κ2) is 5.41. The molecule has 1 aromatic heterocycles. The number of hydrogen-bond acceptors (Lipinski definition) is 4. The summed E-state index contributed by atoms with van der Waals surface area (Å²) in [5, 5.41) is 8.93. The fourth-order valence-corrected chi connectivity index (χ4v) is 2.72. The van der Waals surface area contributed by atoms with Crippen molar-refractivity contribution >= 4 is 21.7 Å². The van der Waals surface area contributed by atoms with Crippen LogP contribution in [0, 0.1) is 6.92 Å². The Morgan fingerprint density at radius 2 is 1.95 bits per heavy atom. The van der Waals surface area contributed by atoms with E-state index in [0.717, 1.165) is 18.3 Å². The first-order valence-electron chi connectivity index (χ1n) is 5.85. The Morgan fingerprint density at radius 3 is 2.52 bits per heavy atom. The third-order valence-corrected chi connectivity index (χ3v) is 4.16. The second-order valence-electron chi connectivity index (χ2n) is 4.33. The molecule has 0 saturated heterocycles. The number of rotatable bonds is 4. The summed E-state index contributed by atoms with van der Waals surface area (Å²) in [7, 11) is -3.91. The molecule has 0 bridgehead atoms. The number of H-pyrrole nitrogens is 1. The van der Waals surface area contributed by atoms with Gasteiger partial charge in [0, 0.05) is 12.3 Å². The van der Waals surface area contributed by atoms with Gasteiger partial charge in [-0.2, -0.15) is 0 Å². The van der Waals surface area contributed by atoms with Crippen LogP contribution in [0.1, 0.15) is 15.9 Å². The Morgan fingerprint density at radius 1 is 1.24 bits per heavy atom. The van der Waals surface area contributed by atoms with Crippen molar-refractivity contribution in [1.29, 1.82) is 0 Å². The van der Waals surface area contributed by atoms with Crippen LogP contribution >= 0.6 is 0 Å². The third-order valence-electron chi connectivity index (χ3n) is 2.79. The van der Waals surface area contributed by atoms with E-state index in [1.54, 1.807) is 6.92 Å². The standard InChI is InChI=1S/C13H12N2O5S/c1-8-2-3-9(13(17)18)6-11(8)15-21(19,20)10-4-5-12(16)14-7-10/h2-7,15H,1H3,(H,14,16)(H,17,18). The van der Waals surface area contributed by atoms with E-state index >= 15 is 0 Å². The molecule has 1 heterocycles. The maximum absolute atomic E-state index is 12.2. The van der Waals surface area contributed by atoms with E-state index in [4.69, 9.17) is 5.11 Å². The highest BCUT2D eigenvalue weighted by atomic mass is 32.2. The summed E-state index contributed by atoms with van der Waals surface area (Å²) in [4.78, 5) is 24.0. The van der Waals surface area contributed by atoms with E-state index in [1.807, 2.05) is 0 Å². The molecule has 21 heavy (non-hydrogen) atoms. The summed E-state index contributed by atoms with van der Waals surface area (Å²) in [6, 6.07) is 6.39. The van der Waals surface area contributed by atoms with Gasteiger partial charge in [-0.15, -0.1) is 0 Å². The predicted molar refractivity (Wildman–Crippen MR) is 76.0 cm³/mol. The highest BCUT2D eigenvalue weighted by Crippen LogP contribution is 2.20. The average Bonchev–Trinajstić information content (AvgIpc) is 2.41. The number of aryl methyl sites for hydroxylation is 1. The second-order valence-corrected chi connectivity index (χ2v) is 6.01. The Hall–Kier alpha value is -2.61. The minimum Gasteiger partial charge on any atom is -0.478 e. The van der Waals surface area contributed by atoms with Crippen LogP contribution in [0.25, 0.3) is 0 Å². The molecule has 0 fully saturated rings. The Labute approximate surface area is 120 Å². The fourth-order valence-electron chi connectivity index (χ4n) is 1.63. The molecule has 0 amide bonds. The van der Waals surface area contributed by atoms with Gasteiger partial charge in [0.1, 0.15) is 4.90 Å². The molecule has 0 radical (unpaired) electrons. The van der Waals surface area contributed by atoms with E-state index in [0.29, 0.717) is 5.56 Å². The highest BCUT2D eigenvalue weighted by Gasteiger charge is 2.16. The van der Waals surface area contributed by atoms with Crippen LogP contribution in [0.4, 0.5) is 5.69 Å². The van der Waals surface area contributed by atoms with Crippen molar-refractivity contribution in [2.75, 3.05) is 4.72 Å². The number of anilines is 1. The first-order chi connectivity index (χ1) is 9.79. The monoisotopic (exact) mass is 308 g/mol. The van der Waals surface area contributed by atoms with Gasteiger partial charge in [-0.1, -0.05) is 6.07 Å². The zero-order valence-electron chi connectivity index (χ0n) is 11.0. The average molecular weight is 308 g/mol. The summed E-state index contributed by atoms with van der Waals surface area (Å²) in [5.41, 5.74) is 0.298. The number of aromatic nitrogens is 1. The van der Waals surface area contributed by atoms with E-state index < -0.39 is 21.6 Å². The van der Waals surface area contributed by atoms with Gasteiger partial charge in [-0.3, -0.25) is 9.52 Å². The molecule has 3 N–H and O–H groups in total. The lowest BCUT2D eigenvalue weighted by Gasteiger charge is -2.11. The Balaban J connectivity index is 2.41. The summed E-state index contributed by atoms with van der Waals surface area (Å²) in [6.07, 6.45) is 1.07. The number of carboxylic acids is 1. The molecule has 0 aliphatic rings. The molecule has 0 spiro atoms. The van der Waals surface area contributed by atoms with Gasteiger partial charge in [-0.05, 0) is 30.7 Å². The maximum atomic E-state index is 12.2. The highest BCUT2D eigenvalue weighted by molar-refractivity contribution is 7.92. The van der Waals surface area contributed by atoms with Gasteiger partial charge in [0.15, 0.2) is 0 Å². The number of carbonyl (C=O) groups is 1. The zero-order chi connectivity index (χ0) is 15.6. The Kier molecular flexibility index (Phi) is 3.81. The van der Waals surface area contributed by atoms with Crippen molar-refractivity contribution in [2.24, 2.45) is 0 Å². The lowest BCUT2D eigenvalue weighted by Crippen LogP contribution is -2.16. The molecule has 7 nitrogen and oxygen atoms in total. The van der Waals surface area contributed by atoms with Crippen molar-refractivity contribution in [1.82, 2.24) is 4.98 Å². The van der Waals surface area contributed by atoms with E-state index in [2.05, 4.69) is 9.71 Å². The van der Waals surface area contributed by atoms with Crippen LogP contribution in [0.3, 0.4) is 0 Å². The van der Waals surface area contributed by atoms with Crippen molar-refractivity contribution < 1.29 is 18.3 Å². The van der Waals surface area contributed by atoms with Gasteiger partial charge in [0.25, 0.3) is 10.0 Å². The molecule has 1 aromatic carbocycles. The number of aromatic carboxylic acids is 1. The largest absolute Gasteiger partial charge is 0.478 e. The summed E-state index contributed by atoms with van der Waals surface area (Å²) in [5.74, 6) is -1.15. The van der Waals surface area contributed by atoms with E-state index in [-0.39, 0.29) is 16.1 Å². The Bertz CT molecular complexity index is 835. The van der Waals surface area contributed by atoms with Gasteiger partial charge >= 0.3 is 5.97 Å². The number of carboxylic acid groups (broad SMARTS) is 1. The normalized spacial score (nSPS) is 11.1. The number of hydrogen-bond donors (Lipinski definition) is 3. The fraction of sp³-hybridized carbons (Fsp3) is 0.0769. The number of nitrogens with one attached hydrogen (secondary N) is 2. The topological polar surface area (TPSA) is 116 Å². The molecular formula is C13H12N2O5S. The smallest absolute Gasteiger partial charge is 0.335 e. The summed E-state index contributed by atoms with van der Waals surface area (Å²) in [6.45, 7) is 1.65. The molecule has 110 valence electrons. The number of sulfonamides is 1. The van der Waals surface area contributed by atoms with Crippen LogP contribution in [0.5, 0.6) is 0 Å². The summed E-state index contributed by atoms with van der Waals surface area (Å²) >= 11 is 0. The van der Waals surface area contributed by atoms with Crippen LogP contribution in [-0.2, 0) is 10.0 Å². The van der Waals surface area contributed by atoms with Crippen molar-refractivity contribution in [3.05, 3.63) is 58.0 Å². The maximum Gasteiger partial charge on any atom is 0.335 e. The quantitative estimate of drug-likeness (QED) is 0.784. The van der Waals surface area contributed by atoms with Crippen LogP contribution in [0.2, 0.25) is 0 Å². The van der Waals surface area contributed by atoms with Crippen molar-refractivity contribution in [2.45, 2.75) is 11.8 Å². The molecule has 8 heteroatoms. The van der Waals surface area contributed by atoms with Gasteiger partial charge in [-0.25, -0.2) is 13.2 Å².